The molecule has 4 aromatic carbocycles. The maximum atomic E-state index is 13.9. The molecule has 1 atom stereocenters. The highest BCUT2D eigenvalue weighted by Crippen LogP contribution is 2.46. The van der Waals surface area contributed by atoms with E-state index in [1.807, 2.05) is 32.0 Å². The van der Waals surface area contributed by atoms with Crippen molar-refractivity contribution in [3.05, 3.63) is 130 Å². The smallest absolute Gasteiger partial charge is 0.301 e. The van der Waals surface area contributed by atoms with E-state index < -0.39 is 17.7 Å². The van der Waals surface area contributed by atoms with Gasteiger partial charge < -0.3 is 19.3 Å². The van der Waals surface area contributed by atoms with Crippen LogP contribution in [0.2, 0.25) is 0 Å². The summed E-state index contributed by atoms with van der Waals surface area (Å²) in [5, 5.41) is 20.7. The van der Waals surface area contributed by atoms with E-state index in [1.165, 1.54) is 40.7 Å². The summed E-state index contributed by atoms with van der Waals surface area (Å²) in [4.78, 5) is 29.1. The minimum atomic E-state index is -1.02. The third kappa shape index (κ3) is 8.49. The van der Waals surface area contributed by atoms with Crippen LogP contribution in [0.4, 0.5) is 5.13 Å². The van der Waals surface area contributed by atoms with Gasteiger partial charge in [0.25, 0.3) is 5.78 Å². The molecule has 0 bridgehead atoms. The standard InChI is InChI=1S/C41H41N3O6S2/c1-25(2)19-20-49-33-18-15-31(22-34(33)48-5)36-35(37(45)30-13-16-32(17-14-30)50-23-29-8-6-7-27(4)21-29)38(46)39(47)44(36)40-42-43-41(52-40)51-24-28-11-9-26(3)10-12-28/h6-18,21-22,25,36,45H,19-20,23-24H2,1-5H3. The number of carbonyl (C=O) groups excluding carboxylic acids is 2. The predicted octanol–water partition coefficient (Wildman–Crippen LogP) is 9.09. The van der Waals surface area contributed by atoms with Crippen LogP contribution in [0.1, 0.15) is 59.7 Å². The maximum Gasteiger partial charge on any atom is 0.301 e. The number of aliphatic hydroxyl groups is 1. The second-order valence-corrected chi connectivity index (χ2v) is 15.2. The molecule has 1 aliphatic rings. The average Bonchev–Trinajstić information content (AvgIpc) is 3.71. The van der Waals surface area contributed by atoms with Crippen LogP contribution >= 0.6 is 23.1 Å². The molecule has 1 aromatic heterocycles. The number of hydrogen-bond donors (Lipinski definition) is 1. The summed E-state index contributed by atoms with van der Waals surface area (Å²) in [5.41, 5.74) is 5.31. The average molecular weight is 736 g/mol. The Labute approximate surface area is 312 Å². The zero-order valence-electron chi connectivity index (χ0n) is 29.8. The Kier molecular flexibility index (Phi) is 11.6. The molecule has 0 saturated carbocycles. The van der Waals surface area contributed by atoms with E-state index in [1.54, 1.807) is 42.5 Å². The molecule has 9 nitrogen and oxygen atoms in total. The highest BCUT2D eigenvalue weighted by molar-refractivity contribution is 8.00. The fraction of sp³-hybridized carbons (Fsp3) is 0.268. The van der Waals surface area contributed by atoms with Gasteiger partial charge in [-0.2, -0.15) is 0 Å². The normalized spacial score (nSPS) is 15.3. The van der Waals surface area contributed by atoms with Crippen molar-refractivity contribution in [1.82, 2.24) is 10.2 Å². The number of benzene rings is 4. The van der Waals surface area contributed by atoms with Gasteiger partial charge in [-0.15, -0.1) is 10.2 Å². The molecule has 1 unspecified atom stereocenters. The van der Waals surface area contributed by atoms with E-state index in [0.717, 1.165) is 23.1 Å². The first-order chi connectivity index (χ1) is 25.1. The highest BCUT2D eigenvalue weighted by Gasteiger charge is 2.48. The SMILES string of the molecule is COc1cc(C2C(=C(O)c3ccc(OCc4cccc(C)c4)cc3)C(=O)C(=O)N2c2nnc(SCc3ccc(C)cc3)s2)ccc1OCCC(C)C. The largest absolute Gasteiger partial charge is 0.507 e. The van der Waals surface area contributed by atoms with Gasteiger partial charge in [-0.1, -0.05) is 103 Å². The van der Waals surface area contributed by atoms with E-state index >= 15 is 0 Å². The van der Waals surface area contributed by atoms with Gasteiger partial charge in [0.15, 0.2) is 15.8 Å². The number of ether oxygens (including phenoxy) is 3. The number of amides is 1. The van der Waals surface area contributed by atoms with E-state index in [2.05, 4.69) is 54.4 Å². The number of ketones is 1. The molecule has 52 heavy (non-hydrogen) atoms. The first kappa shape index (κ1) is 36.7. The summed E-state index contributed by atoms with van der Waals surface area (Å²) in [7, 11) is 1.54. The minimum Gasteiger partial charge on any atom is -0.507 e. The maximum absolute atomic E-state index is 13.9. The van der Waals surface area contributed by atoms with E-state index in [0.29, 0.717) is 57.6 Å². The summed E-state index contributed by atoms with van der Waals surface area (Å²) in [5.74, 6) is 0.741. The number of thioether (sulfide) groups is 1. The van der Waals surface area contributed by atoms with Gasteiger partial charge in [0.1, 0.15) is 18.1 Å². The van der Waals surface area contributed by atoms with Crippen molar-refractivity contribution in [2.24, 2.45) is 5.92 Å². The van der Waals surface area contributed by atoms with Crippen molar-refractivity contribution < 1.29 is 28.9 Å². The number of carbonyl (C=O) groups is 2. The quantitative estimate of drug-likeness (QED) is 0.0393. The molecular formula is C41H41N3O6S2. The summed E-state index contributed by atoms with van der Waals surface area (Å²) < 4.78 is 18.3. The summed E-state index contributed by atoms with van der Waals surface area (Å²) >= 11 is 2.71. The molecule has 1 fully saturated rings. The van der Waals surface area contributed by atoms with Gasteiger partial charge in [0.05, 0.1) is 25.3 Å². The van der Waals surface area contributed by atoms with Crippen LogP contribution in [-0.4, -0.2) is 40.7 Å². The van der Waals surface area contributed by atoms with Gasteiger partial charge in [-0.05, 0) is 79.3 Å². The fourth-order valence-corrected chi connectivity index (χ4v) is 7.57. The minimum absolute atomic E-state index is 0.0713. The van der Waals surface area contributed by atoms with E-state index in [9.17, 15) is 14.7 Å². The van der Waals surface area contributed by atoms with Crippen LogP contribution in [0.3, 0.4) is 0 Å². The number of hydrogen-bond acceptors (Lipinski definition) is 10. The number of aliphatic hydroxyl groups excluding tert-OH is 1. The molecule has 6 rings (SSSR count). The molecule has 268 valence electrons. The van der Waals surface area contributed by atoms with Crippen molar-refractivity contribution >= 4 is 45.7 Å². The van der Waals surface area contributed by atoms with Gasteiger partial charge >= 0.3 is 5.91 Å². The molecule has 1 N–H and O–H groups in total. The lowest BCUT2D eigenvalue weighted by molar-refractivity contribution is -0.132. The summed E-state index contributed by atoms with van der Waals surface area (Å²) in [6.07, 6.45) is 0.863. The monoisotopic (exact) mass is 735 g/mol. The first-order valence-corrected chi connectivity index (χ1v) is 18.8. The fourth-order valence-electron chi connectivity index (χ4n) is 5.74. The Bertz CT molecular complexity index is 2080. The van der Waals surface area contributed by atoms with Crippen molar-refractivity contribution in [3.63, 3.8) is 0 Å². The van der Waals surface area contributed by atoms with E-state index in [-0.39, 0.29) is 16.5 Å². The predicted molar refractivity (Wildman–Crippen MR) is 205 cm³/mol. The number of anilines is 1. The number of aromatic nitrogens is 2. The Morgan fingerprint density at radius 3 is 2.37 bits per heavy atom. The molecule has 5 aromatic rings. The number of aryl methyl sites for hydroxylation is 2. The van der Waals surface area contributed by atoms with Crippen LogP contribution in [-0.2, 0) is 21.9 Å². The van der Waals surface area contributed by atoms with E-state index in [4.69, 9.17) is 14.2 Å². The lowest BCUT2D eigenvalue weighted by atomic mass is 9.95. The highest BCUT2D eigenvalue weighted by atomic mass is 32.2. The Morgan fingerprint density at radius 2 is 1.65 bits per heavy atom. The Hall–Kier alpha value is -5.13. The Morgan fingerprint density at radius 1 is 0.885 bits per heavy atom. The van der Waals surface area contributed by atoms with Crippen LogP contribution in [0.15, 0.2) is 101 Å². The van der Waals surface area contributed by atoms with Crippen LogP contribution in [0, 0.1) is 19.8 Å². The molecule has 0 aliphatic carbocycles. The van der Waals surface area contributed by atoms with Crippen LogP contribution in [0.5, 0.6) is 17.2 Å². The van der Waals surface area contributed by atoms with Gasteiger partial charge in [0.2, 0.25) is 5.13 Å². The molecule has 1 aliphatic heterocycles. The lowest BCUT2D eigenvalue weighted by Gasteiger charge is -2.23. The Balaban J connectivity index is 1.33. The van der Waals surface area contributed by atoms with Crippen molar-refractivity contribution in [2.45, 2.75) is 56.9 Å². The summed E-state index contributed by atoms with van der Waals surface area (Å²) in [6.45, 7) is 9.20. The van der Waals surface area contributed by atoms with Crippen molar-refractivity contribution in [2.75, 3.05) is 18.6 Å². The third-order valence-corrected chi connectivity index (χ3v) is 10.7. The third-order valence-electron chi connectivity index (χ3n) is 8.60. The summed E-state index contributed by atoms with van der Waals surface area (Å²) in [6, 6.07) is 27.4. The number of nitrogens with zero attached hydrogens (tertiary/aromatic N) is 3. The second-order valence-electron chi connectivity index (χ2n) is 13.0. The van der Waals surface area contributed by atoms with Gasteiger partial charge in [0, 0.05) is 11.3 Å². The molecule has 0 spiro atoms. The topological polar surface area (TPSA) is 111 Å². The molecule has 11 heteroatoms. The van der Waals surface area contributed by atoms with Gasteiger partial charge in [-0.3, -0.25) is 14.5 Å². The van der Waals surface area contributed by atoms with Gasteiger partial charge in [-0.25, -0.2) is 0 Å². The zero-order chi connectivity index (χ0) is 36.8. The van der Waals surface area contributed by atoms with Crippen molar-refractivity contribution in [3.8, 4) is 17.2 Å². The number of rotatable bonds is 14. The van der Waals surface area contributed by atoms with Crippen molar-refractivity contribution in [1.29, 1.82) is 0 Å². The lowest BCUT2D eigenvalue weighted by Crippen LogP contribution is -2.29. The number of methoxy groups -OCH3 is 1. The van der Waals surface area contributed by atoms with Crippen LogP contribution < -0.4 is 19.1 Å². The molecular weight excluding hydrogens is 695 g/mol. The van der Waals surface area contributed by atoms with Crippen LogP contribution in [0.25, 0.3) is 5.76 Å². The second kappa shape index (κ2) is 16.5. The molecule has 1 saturated heterocycles. The molecule has 2 heterocycles. The first-order valence-electron chi connectivity index (χ1n) is 17.0. The molecule has 0 radical (unpaired) electrons. The number of Topliss-reactive ketones (excluding diaryl/α,β-unsaturated/α-hetero) is 1. The molecule has 1 amide bonds. The zero-order valence-corrected chi connectivity index (χ0v) is 31.4.